The average Bonchev–Trinajstić information content (AvgIpc) is 2.69. The Morgan fingerprint density at radius 1 is 1.29 bits per heavy atom. The van der Waals surface area contributed by atoms with E-state index in [2.05, 4.69) is 20.6 Å². The first kappa shape index (κ1) is 20.8. The van der Waals surface area contributed by atoms with E-state index < -0.39 is 17.5 Å². The Bertz CT molecular complexity index is 1170. The molecular weight excluding hydrogens is 401 g/mol. The van der Waals surface area contributed by atoms with Crippen molar-refractivity contribution in [3.8, 4) is 17.0 Å². The second-order valence-corrected chi connectivity index (χ2v) is 8.14. The van der Waals surface area contributed by atoms with Crippen LogP contribution in [0.3, 0.4) is 0 Å². The highest BCUT2D eigenvalue weighted by atomic mass is 19.1. The van der Waals surface area contributed by atoms with E-state index >= 15 is 4.39 Å². The van der Waals surface area contributed by atoms with E-state index in [-0.39, 0.29) is 17.6 Å². The highest BCUT2D eigenvalue weighted by molar-refractivity contribution is 5.98. The van der Waals surface area contributed by atoms with Crippen molar-refractivity contribution in [1.82, 2.24) is 15.3 Å². The van der Waals surface area contributed by atoms with Gasteiger partial charge in [-0.25, -0.2) is 14.2 Å². The number of ether oxygens (including phenoxy) is 1. The van der Waals surface area contributed by atoms with Gasteiger partial charge >= 0.3 is 6.09 Å². The fourth-order valence-electron chi connectivity index (χ4n) is 3.97. The molecule has 9 heteroatoms. The quantitative estimate of drug-likeness (QED) is 0.473. The third-order valence-corrected chi connectivity index (χ3v) is 5.64. The van der Waals surface area contributed by atoms with Gasteiger partial charge in [0.1, 0.15) is 0 Å². The largest absolute Gasteiger partial charge is 0.414 e. The summed E-state index contributed by atoms with van der Waals surface area (Å²) in [5.41, 5.74) is 7.76. The van der Waals surface area contributed by atoms with E-state index in [0.717, 1.165) is 11.3 Å². The maximum atomic E-state index is 15.1. The molecule has 31 heavy (non-hydrogen) atoms. The fourth-order valence-corrected chi connectivity index (χ4v) is 3.97. The van der Waals surface area contributed by atoms with Crippen molar-refractivity contribution in [3.05, 3.63) is 42.1 Å². The molecule has 2 aromatic heterocycles. The average molecular weight is 425 g/mol. The minimum atomic E-state index is -0.755. The van der Waals surface area contributed by atoms with E-state index in [9.17, 15) is 9.90 Å². The lowest BCUT2D eigenvalue weighted by Crippen LogP contribution is -2.53. The first-order chi connectivity index (χ1) is 14.7. The highest BCUT2D eigenvalue weighted by Gasteiger charge is 2.39. The van der Waals surface area contributed by atoms with E-state index in [4.69, 9.17) is 10.5 Å². The summed E-state index contributed by atoms with van der Waals surface area (Å²) in [6.45, 7) is 3.58. The van der Waals surface area contributed by atoms with Crippen molar-refractivity contribution in [3.63, 3.8) is 0 Å². The molecule has 0 radical (unpaired) electrons. The lowest BCUT2D eigenvalue weighted by molar-refractivity contribution is -0.0367. The molecule has 162 valence electrons. The SMILES string of the molecule is CNc1cncc(-c2cc3cc(OC(=O)NC4CC(C)(O)C4)ncc3c(N)c2F)c1C. The summed E-state index contributed by atoms with van der Waals surface area (Å²) in [6, 6.07) is 3.03. The van der Waals surface area contributed by atoms with Gasteiger partial charge in [-0.2, -0.15) is 0 Å². The number of aliphatic hydroxyl groups is 1. The van der Waals surface area contributed by atoms with E-state index in [1.807, 2.05) is 6.92 Å². The van der Waals surface area contributed by atoms with Crippen LogP contribution >= 0.6 is 0 Å². The number of pyridine rings is 2. The number of amides is 1. The molecule has 8 nitrogen and oxygen atoms in total. The van der Waals surface area contributed by atoms with Crippen LogP contribution in [0.1, 0.15) is 25.3 Å². The first-order valence-electron chi connectivity index (χ1n) is 9.89. The Balaban J connectivity index is 1.65. The van der Waals surface area contributed by atoms with Gasteiger partial charge in [-0.15, -0.1) is 0 Å². The molecule has 1 aliphatic rings. The van der Waals surface area contributed by atoms with Crippen LogP contribution in [0, 0.1) is 12.7 Å². The third kappa shape index (κ3) is 3.96. The van der Waals surface area contributed by atoms with Gasteiger partial charge in [-0.1, -0.05) is 0 Å². The third-order valence-electron chi connectivity index (χ3n) is 5.64. The van der Waals surface area contributed by atoms with Crippen LogP contribution in [0.25, 0.3) is 21.9 Å². The molecule has 0 unspecified atom stereocenters. The zero-order chi connectivity index (χ0) is 22.3. The van der Waals surface area contributed by atoms with Crippen LogP contribution in [0.2, 0.25) is 0 Å². The number of rotatable bonds is 4. The number of halogens is 1. The molecule has 5 N–H and O–H groups in total. The number of carbonyl (C=O) groups excluding carboxylic acids is 1. The second-order valence-electron chi connectivity index (χ2n) is 8.14. The molecule has 0 spiro atoms. The number of carbonyl (C=O) groups is 1. The molecular formula is C22H24FN5O3. The molecule has 1 saturated carbocycles. The monoisotopic (exact) mass is 425 g/mol. The van der Waals surface area contributed by atoms with Crippen molar-refractivity contribution in [2.75, 3.05) is 18.1 Å². The molecule has 0 atom stereocenters. The number of fused-ring (bicyclic) bond motifs is 1. The number of benzene rings is 1. The zero-order valence-corrected chi connectivity index (χ0v) is 17.5. The van der Waals surface area contributed by atoms with E-state index in [1.165, 1.54) is 12.3 Å². The van der Waals surface area contributed by atoms with Gasteiger partial charge in [-0.05, 0) is 43.7 Å². The van der Waals surface area contributed by atoms with Gasteiger partial charge in [0.2, 0.25) is 5.88 Å². The predicted molar refractivity (Wildman–Crippen MR) is 116 cm³/mol. The maximum Gasteiger partial charge on any atom is 0.414 e. The first-order valence-corrected chi connectivity index (χ1v) is 9.89. The second kappa shape index (κ2) is 7.66. The van der Waals surface area contributed by atoms with Gasteiger partial charge in [0.15, 0.2) is 5.82 Å². The molecule has 0 bridgehead atoms. The topological polar surface area (TPSA) is 122 Å². The maximum absolute atomic E-state index is 15.1. The Hall–Kier alpha value is -3.46. The molecule has 3 aromatic rings. The standard InChI is InChI=1S/C22H24FN5O3/c1-11-15(8-26-10-17(11)25-3)14-4-12-5-18(27-9-16(12)20(24)19(14)23)31-21(29)28-13-6-22(2,30)7-13/h4-5,8-10,13,25,30H,6-7,24H2,1-3H3,(H,28,29). The Labute approximate surface area is 178 Å². The van der Waals surface area contributed by atoms with Gasteiger partial charge in [0.25, 0.3) is 0 Å². The molecule has 2 heterocycles. The van der Waals surface area contributed by atoms with Crippen LogP contribution in [0.4, 0.5) is 20.6 Å². The van der Waals surface area contributed by atoms with Crippen LogP contribution in [0.15, 0.2) is 30.7 Å². The molecule has 1 aliphatic carbocycles. The number of aromatic nitrogens is 2. The van der Waals surface area contributed by atoms with Crippen LogP contribution in [0.5, 0.6) is 5.88 Å². The molecule has 0 aliphatic heterocycles. The van der Waals surface area contributed by atoms with Gasteiger partial charge in [0.05, 0.1) is 23.2 Å². The molecule has 1 amide bonds. The number of hydrogen-bond acceptors (Lipinski definition) is 7. The van der Waals surface area contributed by atoms with Crippen molar-refractivity contribution in [2.45, 2.75) is 38.3 Å². The smallest absolute Gasteiger partial charge is 0.396 e. The number of nitrogens with two attached hydrogens (primary N) is 1. The van der Waals surface area contributed by atoms with Crippen molar-refractivity contribution < 1.29 is 19.0 Å². The number of nitrogens with one attached hydrogen (secondary N) is 2. The number of nitrogen functional groups attached to an aromatic ring is 1. The van der Waals surface area contributed by atoms with Gasteiger partial charge < -0.3 is 26.2 Å². The Morgan fingerprint density at radius 3 is 2.71 bits per heavy atom. The molecule has 0 saturated heterocycles. The summed E-state index contributed by atoms with van der Waals surface area (Å²) in [7, 11) is 1.77. The van der Waals surface area contributed by atoms with Crippen molar-refractivity contribution in [2.24, 2.45) is 0 Å². The molecule has 1 fully saturated rings. The zero-order valence-electron chi connectivity index (χ0n) is 17.5. The minimum Gasteiger partial charge on any atom is -0.396 e. The predicted octanol–water partition coefficient (Wildman–Crippen LogP) is 3.37. The Morgan fingerprint density at radius 2 is 2.03 bits per heavy atom. The lowest BCUT2D eigenvalue weighted by atomic mass is 9.77. The van der Waals surface area contributed by atoms with Crippen molar-refractivity contribution in [1.29, 1.82) is 0 Å². The summed E-state index contributed by atoms with van der Waals surface area (Å²) in [5.74, 6) is -0.497. The normalized spacial score (nSPS) is 20.2. The molecule has 4 rings (SSSR count). The number of nitrogens with zero attached hydrogens (tertiary/aromatic N) is 2. The lowest BCUT2D eigenvalue weighted by Gasteiger charge is -2.40. The summed E-state index contributed by atoms with van der Waals surface area (Å²) in [4.78, 5) is 20.4. The minimum absolute atomic E-state index is 0.0399. The van der Waals surface area contributed by atoms with E-state index in [0.29, 0.717) is 34.7 Å². The molecule has 1 aromatic carbocycles. The van der Waals surface area contributed by atoms with Crippen molar-refractivity contribution >= 4 is 28.2 Å². The Kier molecular flexibility index (Phi) is 5.14. The summed E-state index contributed by atoms with van der Waals surface area (Å²) in [6.07, 6.45) is 4.89. The number of anilines is 2. The fraction of sp³-hybridized carbons (Fsp3) is 0.318. The summed E-state index contributed by atoms with van der Waals surface area (Å²) >= 11 is 0. The summed E-state index contributed by atoms with van der Waals surface area (Å²) in [5, 5.41) is 16.5. The van der Waals surface area contributed by atoms with Crippen LogP contribution in [-0.2, 0) is 0 Å². The van der Waals surface area contributed by atoms with E-state index in [1.54, 1.807) is 32.4 Å². The number of hydrogen-bond donors (Lipinski definition) is 4. The van der Waals surface area contributed by atoms with Gasteiger partial charge in [-0.3, -0.25) is 4.98 Å². The van der Waals surface area contributed by atoms with Gasteiger partial charge in [0, 0.05) is 48.1 Å². The van der Waals surface area contributed by atoms with Crippen LogP contribution in [-0.4, -0.2) is 39.9 Å². The highest BCUT2D eigenvalue weighted by Crippen LogP contribution is 2.36. The summed E-state index contributed by atoms with van der Waals surface area (Å²) < 4.78 is 20.4. The van der Waals surface area contributed by atoms with Crippen LogP contribution < -0.4 is 21.1 Å².